The number of pyridine rings is 1. The van der Waals surface area contributed by atoms with Crippen LogP contribution in [-0.2, 0) is 14.4 Å². The molecule has 0 radical (unpaired) electrons. The van der Waals surface area contributed by atoms with Gasteiger partial charge in [0.15, 0.2) is 0 Å². The van der Waals surface area contributed by atoms with E-state index in [0.717, 1.165) is 21.8 Å². The monoisotopic (exact) mass is 540 g/mol. The Morgan fingerprint density at radius 2 is 1.64 bits per heavy atom. The van der Waals surface area contributed by atoms with Crippen LogP contribution >= 0.6 is 21.6 Å². The van der Waals surface area contributed by atoms with Gasteiger partial charge in [-0.05, 0) is 56.0 Å². The number of carbonyl (C=O) groups is 3. The molecule has 0 spiro atoms. The van der Waals surface area contributed by atoms with Crippen molar-refractivity contribution in [2.75, 3.05) is 46.5 Å². The molecule has 0 aromatic carbocycles. The largest absolute Gasteiger partial charge is 0.355 e. The molecular weight excluding hydrogens is 494 g/mol. The zero-order chi connectivity index (χ0) is 27.1. The first-order valence-electron chi connectivity index (χ1n) is 12.8. The Kier molecular flexibility index (Phi) is 15.1. The van der Waals surface area contributed by atoms with E-state index in [9.17, 15) is 14.4 Å². The topological polar surface area (TPSA) is 100 Å². The van der Waals surface area contributed by atoms with Crippen molar-refractivity contribution in [3.63, 3.8) is 0 Å². The molecule has 0 aliphatic heterocycles. The van der Waals surface area contributed by atoms with Crippen LogP contribution in [0.5, 0.6) is 0 Å². The number of nitrogens with zero attached hydrogens (tertiary/aromatic N) is 2. The highest BCUT2D eigenvalue weighted by atomic mass is 33.1. The highest BCUT2D eigenvalue weighted by Crippen LogP contribution is 2.28. The molecule has 1 aromatic heterocycles. The quantitative estimate of drug-likeness (QED) is 0.159. The fourth-order valence-electron chi connectivity index (χ4n) is 3.60. The van der Waals surface area contributed by atoms with Crippen molar-refractivity contribution in [3.8, 4) is 0 Å². The number of hydrogen-bond acceptors (Lipinski definition) is 6. The minimum Gasteiger partial charge on any atom is -0.355 e. The second kappa shape index (κ2) is 16.9. The molecule has 3 N–H and O–H groups in total. The van der Waals surface area contributed by atoms with Crippen molar-refractivity contribution >= 4 is 39.3 Å². The van der Waals surface area contributed by atoms with Crippen molar-refractivity contribution < 1.29 is 18.9 Å². The van der Waals surface area contributed by atoms with Crippen LogP contribution in [0.2, 0.25) is 0 Å². The molecular formula is C26H46N5O3S2+. The van der Waals surface area contributed by atoms with E-state index in [1.807, 2.05) is 45.9 Å². The summed E-state index contributed by atoms with van der Waals surface area (Å²) in [6, 6.07) is 5.78. The number of nitrogens with one attached hydrogen (secondary N) is 3. The second-order valence-corrected chi connectivity index (χ2v) is 12.9. The van der Waals surface area contributed by atoms with E-state index < -0.39 is 5.92 Å². The third-order valence-electron chi connectivity index (χ3n) is 5.67. The summed E-state index contributed by atoms with van der Waals surface area (Å²) >= 11 is 0. The van der Waals surface area contributed by atoms with Crippen molar-refractivity contribution in [1.29, 1.82) is 0 Å². The van der Waals surface area contributed by atoms with Gasteiger partial charge >= 0.3 is 0 Å². The molecule has 1 heterocycles. The number of carbonyl (C=O) groups excluding carboxylic acids is 3. The van der Waals surface area contributed by atoms with Crippen molar-refractivity contribution in [1.82, 2.24) is 20.9 Å². The van der Waals surface area contributed by atoms with Crippen molar-refractivity contribution in [3.05, 3.63) is 24.4 Å². The standard InChI is InChI=1S/C26H45N5O3S2/c1-8-21(25(33)29-14-16-35-36-23-11-9-10-12-27-23)18-22(26(34)30-19(2)3)17-20(4)24(32)28-13-15-31(5,6)7/h9-12,19-22H,8,13-18H2,1-7H3,(H2-,28,29,30,32,33,34)/p+1. The van der Waals surface area contributed by atoms with E-state index in [0.29, 0.717) is 32.4 Å². The maximum atomic E-state index is 13.0. The molecule has 0 aliphatic carbocycles. The van der Waals surface area contributed by atoms with Crippen LogP contribution in [0.25, 0.3) is 0 Å². The number of hydrogen-bond donors (Lipinski definition) is 3. The number of likely N-dealkylation sites (N-methyl/N-ethyl adjacent to an activating group) is 1. The van der Waals surface area contributed by atoms with Gasteiger partial charge in [-0.3, -0.25) is 14.4 Å². The zero-order valence-corrected chi connectivity index (χ0v) is 24.6. The predicted octanol–water partition coefficient (Wildman–Crippen LogP) is 3.34. The molecule has 3 unspecified atom stereocenters. The van der Waals surface area contributed by atoms with Gasteiger partial charge in [-0.15, -0.1) is 0 Å². The Hall–Kier alpha value is -1.78. The molecule has 3 atom stereocenters. The molecule has 0 fully saturated rings. The summed E-state index contributed by atoms with van der Waals surface area (Å²) in [5.41, 5.74) is 0. The molecule has 3 amide bonds. The summed E-state index contributed by atoms with van der Waals surface area (Å²) in [5, 5.41) is 9.93. The Bertz CT molecular complexity index is 803. The first-order valence-corrected chi connectivity index (χ1v) is 15.1. The minimum atomic E-state index is -0.406. The van der Waals surface area contributed by atoms with Gasteiger partial charge in [0.1, 0.15) is 5.03 Å². The van der Waals surface area contributed by atoms with E-state index in [2.05, 4.69) is 42.1 Å². The van der Waals surface area contributed by atoms with Crippen LogP contribution < -0.4 is 16.0 Å². The van der Waals surface area contributed by atoms with Gasteiger partial charge in [0.2, 0.25) is 17.7 Å². The summed E-state index contributed by atoms with van der Waals surface area (Å²) in [7, 11) is 9.47. The highest BCUT2D eigenvalue weighted by molar-refractivity contribution is 8.76. The molecule has 0 aliphatic rings. The summed E-state index contributed by atoms with van der Waals surface area (Å²) in [5.74, 6) is -0.434. The van der Waals surface area contributed by atoms with E-state index in [1.165, 1.54) is 0 Å². The van der Waals surface area contributed by atoms with Crippen LogP contribution in [0.4, 0.5) is 0 Å². The van der Waals surface area contributed by atoms with Crippen LogP contribution in [0, 0.1) is 17.8 Å². The lowest BCUT2D eigenvalue weighted by molar-refractivity contribution is -0.869. The summed E-state index contributed by atoms with van der Waals surface area (Å²) in [6.07, 6.45) is 3.23. The average molecular weight is 541 g/mol. The smallest absolute Gasteiger partial charge is 0.223 e. The molecule has 36 heavy (non-hydrogen) atoms. The molecule has 0 saturated heterocycles. The van der Waals surface area contributed by atoms with Crippen molar-refractivity contribution in [2.45, 2.75) is 58.0 Å². The van der Waals surface area contributed by atoms with Gasteiger partial charge in [-0.2, -0.15) is 0 Å². The Morgan fingerprint density at radius 3 is 2.22 bits per heavy atom. The lowest BCUT2D eigenvalue weighted by Gasteiger charge is -2.26. The number of rotatable bonds is 17. The van der Waals surface area contributed by atoms with E-state index in [-0.39, 0.29) is 35.6 Å². The van der Waals surface area contributed by atoms with Gasteiger partial charge in [-0.25, -0.2) is 4.98 Å². The van der Waals surface area contributed by atoms with Gasteiger partial charge in [0.05, 0.1) is 34.2 Å². The summed E-state index contributed by atoms with van der Waals surface area (Å²) in [4.78, 5) is 42.8. The summed E-state index contributed by atoms with van der Waals surface area (Å²) in [6.45, 7) is 9.62. The van der Waals surface area contributed by atoms with Crippen LogP contribution in [0.1, 0.15) is 47.0 Å². The zero-order valence-electron chi connectivity index (χ0n) is 23.0. The normalized spacial score (nSPS) is 14.1. The SMILES string of the molecule is CCC(CC(CC(C)C(=O)NCC[N+](C)(C)C)C(=O)NC(C)C)C(=O)NCCSSc1ccccn1. The van der Waals surface area contributed by atoms with Gasteiger partial charge < -0.3 is 20.4 Å². The first-order chi connectivity index (χ1) is 16.9. The first kappa shape index (κ1) is 32.2. The average Bonchev–Trinajstić information content (AvgIpc) is 2.80. The number of amides is 3. The fourth-order valence-corrected chi connectivity index (χ4v) is 5.38. The highest BCUT2D eigenvalue weighted by Gasteiger charge is 2.30. The Balaban J connectivity index is 2.62. The lowest BCUT2D eigenvalue weighted by atomic mass is 9.85. The molecule has 0 bridgehead atoms. The van der Waals surface area contributed by atoms with Gasteiger partial charge in [0, 0.05) is 42.3 Å². The maximum absolute atomic E-state index is 13.0. The molecule has 1 aromatic rings. The third kappa shape index (κ3) is 14.1. The van der Waals surface area contributed by atoms with Gasteiger partial charge in [-0.1, -0.05) is 30.7 Å². The molecule has 10 heteroatoms. The molecule has 8 nitrogen and oxygen atoms in total. The maximum Gasteiger partial charge on any atom is 0.223 e. The minimum absolute atomic E-state index is 0.00350. The number of aromatic nitrogens is 1. The molecule has 0 saturated carbocycles. The second-order valence-electron chi connectivity index (χ2n) is 10.5. The van der Waals surface area contributed by atoms with E-state index in [1.54, 1.807) is 27.8 Å². The van der Waals surface area contributed by atoms with Crippen LogP contribution in [0.3, 0.4) is 0 Å². The fraction of sp³-hybridized carbons (Fsp3) is 0.692. The summed E-state index contributed by atoms with van der Waals surface area (Å²) < 4.78 is 0.766. The molecule has 1 rings (SSSR count). The lowest BCUT2D eigenvalue weighted by Crippen LogP contribution is -2.44. The Morgan fingerprint density at radius 1 is 0.944 bits per heavy atom. The van der Waals surface area contributed by atoms with Crippen molar-refractivity contribution in [2.24, 2.45) is 17.8 Å². The van der Waals surface area contributed by atoms with Crippen LogP contribution in [0.15, 0.2) is 29.4 Å². The number of quaternary nitrogens is 1. The predicted molar refractivity (Wildman–Crippen MR) is 150 cm³/mol. The molecule has 204 valence electrons. The van der Waals surface area contributed by atoms with Crippen LogP contribution in [-0.4, -0.2) is 79.8 Å². The van der Waals surface area contributed by atoms with E-state index in [4.69, 9.17) is 0 Å². The third-order valence-corrected chi connectivity index (χ3v) is 7.94. The van der Waals surface area contributed by atoms with Gasteiger partial charge in [0.25, 0.3) is 0 Å². The van der Waals surface area contributed by atoms with E-state index >= 15 is 0 Å². The Labute approximate surface area is 225 Å².